The van der Waals surface area contributed by atoms with Crippen molar-refractivity contribution in [3.8, 4) is 11.5 Å². The molecule has 1 unspecified atom stereocenters. The van der Waals surface area contributed by atoms with Gasteiger partial charge < -0.3 is 14.8 Å². The molecule has 2 amide bonds. The predicted molar refractivity (Wildman–Crippen MR) is 122 cm³/mol. The second-order valence-corrected chi connectivity index (χ2v) is 7.63. The maximum absolute atomic E-state index is 12.6. The summed E-state index contributed by atoms with van der Waals surface area (Å²) in [7, 11) is 1.56. The SMILES string of the molecule is CCCOc1ccc(/C=N\NC(=O)C(NC(=O)c2cccc(Cl)c2)C(C)C)cc1OC. The van der Waals surface area contributed by atoms with Crippen molar-refractivity contribution in [3.05, 3.63) is 58.6 Å². The Balaban J connectivity index is 2.02. The summed E-state index contributed by atoms with van der Waals surface area (Å²) in [5.74, 6) is 0.282. The molecule has 0 fully saturated rings. The molecule has 0 saturated carbocycles. The third-order valence-electron chi connectivity index (χ3n) is 4.36. The summed E-state index contributed by atoms with van der Waals surface area (Å²) < 4.78 is 11.0. The summed E-state index contributed by atoms with van der Waals surface area (Å²) in [6.07, 6.45) is 2.39. The third-order valence-corrected chi connectivity index (χ3v) is 4.60. The normalized spacial score (nSPS) is 11.9. The number of rotatable bonds is 10. The first kappa shape index (κ1) is 24.2. The molecule has 0 aliphatic carbocycles. The number of carbonyl (C=O) groups is 2. The number of hydrogen-bond acceptors (Lipinski definition) is 5. The molecule has 0 radical (unpaired) electrons. The number of nitrogens with zero attached hydrogens (tertiary/aromatic N) is 1. The fourth-order valence-corrected chi connectivity index (χ4v) is 2.92. The van der Waals surface area contributed by atoms with Crippen molar-refractivity contribution in [1.82, 2.24) is 10.7 Å². The number of nitrogens with one attached hydrogen (secondary N) is 2. The van der Waals surface area contributed by atoms with Crippen LogP contribution in [0.25, 0.3) is 0 Å². The summed E-state index contributed by atoms with van der Waals surface area (Å²) in [5, 5.41) is 7.19. The van der Waals surface area contributed by atoms with Crippen molar-refractivity contribution in [3.63, 3.8) is 0 Å². The highest BCUT2D eigenvalue weighted by molar-refractivity contribution is 6.31. The van der Waals surface area contributed by atoms with Crippen LogP contribution in [0.2, 0.25) is 5.02 Å². The lowest BCUT2D eigenvalue weighted by molar-refractivity contribution is -0.123. The van der Waals surface area contributed by atoms with Crippen molar-refractivity contribution in [2.75, 3.05) is 13.7 Å². The van der Waals surface area contributed by atoms with Gasteiger partial charge in [-0.1, -0.05) is 38.4 Å². The van der Waals surface area contributed by atoms with E-state index in [1.165, 1.54) is 6.21 Å². The van der Waals surface area contributed by atoms with Gasteiger partial charge in [-0.05, 0) is 54.3 Å². The highest BCUT2D eigenvalue weighted by atomic mass is 35.5. The van der Waals surface area contributed by atoms with Gasteiger partial charge >= 0.3 is 0 Å². The number of benzene rings is 2. The van der Waals surface area contributed by atoms with Gasteiger partial charge in [-0.3, -0.25) is 9.59 Å². The zero-order chi connectivity index (χ0) is 22.8. The molecular formula is C23H28ClN3O4. The third kappa shape index (κ3) is 7.29. The summed E-state index contributed by atoms with van der Waals surface area (Å²) in [4.78, 5) is 25.1. The molecule has 31 heavy (non-hydrogen) atoms. The van der Waals surface area contributed by atoms with E-state index >= 15 is 0 Å². The van der Waals surface area contributed by atoms with E-state index in [1.54, 1.807) is 43.5 Å². The number of hydrazone groups is 1. The summed E-state index contributed by atoms with van der Waals surface area (Å²) in [6.45, 7) is 6.30. The minimum Gasteiger partial charge on any atom is -0.493 e. The van der Waals surface area contributed by atoms with Gasteiger partial charge in [0.1, 0.15) is 6.04 Å². The van der Waals surface area contributed by atoms with Gasteiger partial charge in [0.25, 0.3) is 11.8 Å². The lowest BCUT2D eigenvalue weighted by atomic mass is 10.0. The van der Waals surface area contributed by atoms with Crippen LogP contribution in [0.3, 0.4) is 0 Å². The monoisotopic (exact) mass is 445 g/mol. The first-order valence-electron chi connectivity index (χ1n) is 10.1. The van der Waals surface area contributed by atoms with E-state index in [4.69, 9.17) is 21.1 Å². The Hall–Kier alpha value is -3.06. The van der Waals surface area contributed by atoms with Gasteiger partial charge in [-0.2, -0.15) is 5.10 Å². The van der Waals surface area contributed by atoms with Crippen molar-refractivity contribution in [1.29, 1.82) is 0 Å². The van der Waals surface area contributed by atoms with Crippen LogP contribution in [-0.2, 0) is 4.79 Å². The molecule has 0 heterocycles. The largest absolute Gasteiger partial charge is 0.493 e. The molecule has 2 rings (SSSR count). The number of ether oxygens (including phenoxy) is 2. The van der Waals surface area contributed by atoms with E-state index < -0.39 is 11.9 Å². The quantitative estimate of drug-likeness (QED) is 0.426. The van der Waals surface area contributed by atoms with Gasteiger partial charge in [0.15, 0.2) is 11.5 Å². The van der Waals surface area contributed by atoms with Crippen LogP contribution in [0, 0.1) is 5.92 Å². The van der Waals surface area contributed by atoms with Crippen LogP contribution in [0.1, 0.15) is 43.1 Å². The maximum Gasteiger partial charge on any atom is 0.262 e. The molecule has 1 atom stereocenters. The molecule has 2 N–H and O–H groups in total. The van der Waals surface area contributed by atoms with E-state index in [1.807, 2.05) is 26.8 Å². The summed E-state index contributed by atoms with van der Waals surface area (Å²) in [6, 6.07) is 11.1. The molecule has 2 aromatic carbocycles. The lowest BCUT2D eigenvalue weighted by Gasteiger charge is -2.20. The van der Waals surface area contributed by atoms with E-state index in [-0.39, 0.29) is 11.8 Å². The molecule has 0 aliphatic rings. The molecule has 7 nitrogen and oxygen atoms in total. The molecule has 2 aromatic rings. The maximum atomic E-state index is 12.6. The van der Waals surface area contributed by atoms with E-state index in [2.05, 4.69) is 15.8 Å². The fraction of sp³-hybridized carbons (Fsp3) is 0.348. The number of amides is 2. The number of carbonyl (C=O) groups excluding carboxylic acids is 2. The van der Waals surface area contributed by atoms with Crippen LogP contribution >= 0.6 is 11.6 Å². The Morgan fingerprint density at radius 3 is 2.58 bits per heavy atom. The van der Waals surface area contributed by atoms with E-state index in [9.17, 15) is 9.59 Å². The Morgan fingerprint density at radius 1 is 1.16 bits per heavy atom. The van der Waals surface area contributed by atoms with Gasteiger partial charge in [0.2, 0.25) is 0 Å². The van der Waals surface area contributed by atoms with Gasteiger partial charge in [0.05, 0.1) is 19.9 Å². The first-order valence-corrected chi connectivity index (χ1v) is 10.4. The Morgan fingerprint density at radius 2 is 1.94 bits per heavy atom. The number of halogens is 1. The van der Waals surface area contributed by atoms with Crippen molar-refractivity contribution >= 4 is 29.6 Å². The smallest absolute Gasteiger partial charge is 0.262 e. The zero-order valence-electron chi connectivity index (χ0n) is 18.1. The zero-order valence-corrected chi connectivity index (χ0v) is 18.9. The van der Waals surface area contributed by atoms with Crippen molar-refractivity contribution < 1.29 is 19.1 Å². The average molecular weight is 446 g/mol. The minimum absolute atomic E-state index is 0.145. The number of hydrogen-bond donors (Lipinski definition) is 2. The van der Waals surface area contributed by atoms with Crippen LogP contribution in [-0.4, -0.2) is 37.8 Å². The molecule has 0 spiro atoms. The molecular weight excluding hydrogens is 418 g/mol. The van der Waals surface area contributed by atoms with E-state index in [0.29, 0.717) is 28.7 Å². The second-order valence-electron chi connectivity index (χ2n) is 7.20. The Kier molecular flexibility index (Phi) is 9.34. The first-order chi connectivity index (χ1) is 14.8. The van der Waals surface area contributed by atoms with E-state index in [0.717, 1.165) is 12.0 Å². The Bertz CT molecular complexity index is 931. The topological polar surface area (TPSA) is 89.0 Å². The van der Waals surface area contributed by atoms with Crippen LogP contribution in [0.5, 0.6) is 11.5 Å². The van der Waals surface area contributed by atoms with Crippen LogP contribution in [0.15, 0.2) is 47.6 Å². The van der Waals surface area contributed by atoms with Crippen LogP contribution < -0.4 is 20.2 Å². The van der Waals surface area contributed by atoms with Crippen LogP contribution in [0.4, 0.5) is 0 Å². The van der Waals surface area contributed by atoms with Crippen molar-refractivity contribution in [2.45, 2.75) is 33.2 Å². The molecule has 0 bridgehead atoms. The summed E-state index contributed by atoms with van der Waals surface area (Å²) >= 11 is 5.94. The molecule has 8 heteroatoms. The summed E-state index contributed by atoms with van der Waals surface area (Å²) in [5.41, 5.74) is 3.59. The molecule has 0 aromatic heterocycles. The Labute approximate surface area is 187 Å². The molecule has 0 aliphatic heterocycles. The standard InChI is InChI=1S/C23H28ClN3O4/c1-5-11-31-19-10-9-16(12-20(19)30-4)14-25-27-23(29)21(15(2)3)26-22(28)17-7-6-8-18(24)13-17/h6-10,12-15,21H,5,11H2,1-4H3,(H,26,28)(H,27,29)/b25-14-. The molecule has 166 valence electrons. The second kappa shape index (κ2) is 12.0. The number of methoxy groups -OCH3 is 1. The van der Waals surface area contributed by atoms with Gasteiger partial charge in [-0.25, -0.2) is 5.43 Å². The van der Waals surface area contributed by atoms with Gasteiger partial charge in [-0.15, -0.1) is 0 Å². The predicted octanol–water partition coefficient (Wildman–Crippen LogP) is 4.04. The highest BCUT2D eigenvalue weighted by Gasteiger charge is 2.24. The average Bonchev–Trinajstić information content (AvgIpc) is 2.75. The fourth-order valence-electron chi connectivity index (χ4n) is 2.72. The van der Waals surface area contributed by atoms with Gasteiger partial charge in [0, 0.05) is 10.6 Å². The lowest BCUT2D eigenvalue weighted by Crippen LogP contribution is -2.48. The van der Waals surface area contributed by atoms with Crippen molar-refractivity contribution in [2.24, 2.45) is 11.0 Å². The molecule has 0 saturated heterocycles. The highest BCUT2D eigenvalue weighted by Crippen LogP contribution is 2.27. The minimum atomic E-state index is -0.761.